The summed E-state index contributed by atoms with van der Waals surface area (Å²) in [4.78, 5) is 0. The quantitative estimate of drug-likeness (QED) is 0.336. The maximum absolute atomic E-state index is 7.00. The Labute approximate surface area is 237 Å². The Bertz CT molecular complexity index is 1470. The summed E-state index contributed by atoms with van der Waals surface area (Å²) in [5.74, 6) is 1.59. The van der Waals surface area contributed by atoms with Crippen molar-refractivity contribution in [3.8, 4) is 11.5 Å². The third-order valence-corrected chi connectivity index (χ3v) is 14.5. The molecule has 0 aromatic heterocycles. The van der Waals surface area contributed by atoms with Crippen LogP contribution in [0.3, 0.4) is 0 Å². The highest BCUT2D eigenvalue weighted by molar-refractivity contribution is 6.81. The van der Waals surface area contributed by atoms with Crippen molar-refractivity contribution in [3.05, 3.63) is 133 Å². The largest absolute Gasteiger partial charge is 0.559 e. The van der Waals surface area contributed by atoms with E-state index in [1.165, 1.54) is 0 Å². The van der Waals surface area contributed by atoms with Crippen molar-refractivity contribution in [1.82, 2.24) is 9.13 Å². The first-order valence-corrected chi connectivity index (χ1v) is 17.0. The molecule has 0 amide bonds. The Hall–Kier alpha value is -4.09. The van der Waals surface area contributed by atoms with Crippen molar-refractivity contribution < 1.29 is 17.7 Å². The smallest absolute Gasteiger partial charge is 0.501 e. The van der Waals surface area contributed by atoms with Crippen LogP contribution in [0.5, 0.6) is 11.5 Å². The van der Waals surface area contributed by atoms with Gasteiger partial charge in [0.05, 0.1) is 13.2 Å². The molecule has 7 rings (SSSR count). The van der Waals surface area contributed by atoms with Gasteiger partial charge in [0.15, 0.2) is 0 Å². The standard InChI is InChI=1S/C32H30N2O4Si2/c1-25-29-17-9-11-19-31(29)37-39(27-13-5-3-6-14-27)33(25)21-23-36-40(28-15-7-4-8-16-28)34(22-24-35-39)26(2)30-18-10-12-20-32(30)38-40/h3-20H,1-2,21-24H2. The van der Waals surface area contributed by atoms with E-state index in [1.54, 1.807) is 0 Å². The average Bonchev–Trinajstić information content (AvgIpc) is 3.01. The van der Waals surface area contributed by atoms with Crippen LogP contribution in [0.1, 0.15) is 11.1 Å². The van der Waals surface area contributed by atoms with Crippen LogP contribution in [0.4, 0.5) is 0 Å². The van der Waals surface area contributed by atoms with Crippen molar-refractivity contribution in [2.45, 2.75) is 0 Å². The number of nitrogens with zero attached hydrogens (tertiary/aromatic N) is 2. The number of rotatable bonds is 2. The molecule has 200 valence electrons. The molecule has 4 aromatic carbocycles. The second kappa shape index (κ2) is 9.83. The summed E-state index contributed by atoms with van der Waals surface area (Å²) in [6.45, 7) is 10.9. The van der Waals surface area contributed by atoms with Crippen molar-refractivity contribution in [2.75, 3.05) is 26.3 Å². The molecule has 0 N–H and O–H groups in total. The van der Waals surface area contributed by atoms with E-state index in [-0.39, 0.29) is 0 Å². The molecule has 4 aromatic rings. The van der Waals surface area contributed by atoms with Gasteiger partial charge in [0, 0.05) is 46.0 Å². The lowest BCUT2D eigenvalue weighted by Crippen LogP contribution is -2.74. The van der Waals surface area contributed by atoms with Gasteiger partial charge in [-0.1, -0.05) is 98.1 Å². The summed E-state index contributed by atoms with van der Waals surface area (Å²) in [5.41, 5.74) is 3.70. The molecule has 2 atom stereocenters. The summed E-state index contributed by atoms with van der Waals surface area (Å²) in [5, 5.41) is 2.05. The fourth-order valence-corrected chi connectivity index (χ4v) is 12.3. The summed E-state index contributed by atoms with van der Waals surface area (Å²) < 4.78 is 32.3. The van der Waals surface area contributed by atoms with Crippen LogP contribution in [0.15, 0.2) is 122 Å². The molecule has 0 spiro atoms. The van der Waals surface area contributed by atoms with E-state index in [2.05, 4.69) is 46.6 Å². The van der Waals surface area contributed by atoms with Crippen molar-refractivity contribution in [1.29, 1.82) is 0 Å². The average molecular weight is 563 g/mol. The van der Waals surface area contributed by atoms with E-state index in [1.807, 2.05) is 84.9 Å². The number of fused-ring (bicyclic) bond motifs is 4. The van der Waals surface area contributed by atoms with Gasteiger partial charge in [-0.15, -0.1) is 0 Å². The van der Waals surface area contributed by atoms with E-state index in [0.29, 0.717) is 26.3 Å². The van der Waals surface area contributed by atoms with Crippen LogP contribution in [0.25, 0.3) is 11.4 Å². The molecule has 2 unspecified atom stereocenters. The number of hydrogen-bond acceptors (Lipinski definition) is 6. The topological polar surface area (TPSA) is 43.4 Å². The lowest BCUT2D eigenvalue weighted by atomic mass is 10.1. The second-order valence-electron chi connectivity index (χ2n) is 9.99. The fraction of sp³-hybridized carbons (Fsp3) is 0.125. The molecular weight excluding hydrogens is 533 g/mol. The highest BCUT2D eigenvalue weighted by Crippen LogP contribution is 2.41. The molecule has 3 aliphatic rings. The first-order valence-electron chi connectivity index (χ1n) is 13.5. The second-order valence-corrected chi connectivity index (χ2v) is 15.5. The molecule has 0 bridgehead atoms. The van der Waals surface area contributed by atoms with Gasteiger partial charge in [-0.2, -0.15) is 0 Å². The van der Waals surface area contributed by atoms with Crippen LogP contribution in [-0.4, -0.2) is 52.9 Å². The highest BCUT2D eigenvalue weighted by atomic mass is 28.4. The molecule has 8 heteroatoms. The summed E-state index contributed by atoms with van der Waals surface area (Å²) >= 11 is 0. The molecule has 1 fully saturated rings. The van der Waals surface area contributed by atoms with Gasteiger partial charge in [0.25, 0.3) is 0 Å². The Morgan fingerprint density at radius 3 is 1.30 bits per heavy atom. The summed E-state index contributed by atoms with van der Waals surface area (Å²) in [7, 11) is -6.42. The SMILES string of the molecule is C=C1c2ccccc2O[Si]2(c3ccccc3)OCCN3C(=C)c4ccccc4O[Si]3(c3ccccc3)OCCN12. The van der Waals surface area contributed by atoms with E-state index in [0.717, 1.165) is 44.4 Å². The Morgan fingerprint density at radius 1 is 0.500 bits per heavy atom. The molecule has 1 saturated heterocycles. The fourth-order valence-electron chi connectivity index (χ4n) is 5.87. The van der Waals surface area contributed by atoms with Crippen LogP contribution in [-0.2, 0) is 8.85 Å². The lowest BCUT2D eigenvalue weighted by molar-refractivity contribution is 0.134. The third kappa shape index (κ3) is 3.83. The van der Waals surface area contributed by atoms with Gasteiger partial charge < -0.3 is 26.8 Å². The molecular formula is C32H30N2O4Si2. The van der Waals surface area contributed by atoms with Crippen LogP contribution in [0.2, 0.25) is 0 Å². The molecule has 40 heavy (non-hydrogen) atoms. The predicted octanol–water partition coefficient (Wildman–Crippen LogP) is 4.46. The van der Waals surface area contributed by atoms with Gasteiger partial charge in [-0.25, -0.2) is 0 Å². The Balaban J connectivity index is 1.35. The maximum atomic E-state index is 7.00. The number of benzene rings is 4. The lowest BCUT2D eigenvalue weighted by Gasteiger charge is -2.50. The van der Waals surface area contributed by atoms with Crippen molar-refractivity contribution in [3.63, 3.8) is 0 Å². The number of hydrogen-bond donors (Lipinski definition) is 0. The summed E-state index contributed by atoms with van der Waals surface area (Å²) in [6.07, 6.45) is 0. The van der Waals surface area contributed by atoms with Crippen LogP contribution >= 0.6 is 0 Å². The molecule has 3 heterocycles. The first-order chi connectivity index (χ1) is 19.6. The summed E-state index contributed by atoms with van der Waals surface area (Å²) in [6, 6.07) is 36.6. The predicted molar refractivity (Wildman–Crippen MR) is 161 cm³/mol. The van der Waals surface area contributed by atoms with Gasteiger partial charge in [0.1, 0.15) is 11.5 Å². The molecule has 3 aliphatic heterocycles. The highest BCUT2D eigenvalue weighted by Gasteiger charge is 2.58. The van der Waals surface area contributed by atoms with E-state index in [9.17, 15) is 0 Å². The molecule has 6 nitrogen and oxygen atoms in total. The minimum Gasteiger partial charge on any atom is -0.501 e. The minimum atomic E-state index is -3.21. The zero-order chi connectivity index (χ0) is 27.2. The maximum Gasteiger partial charge on any atom is 0.559 e. The van der Waals surface area contributed by atoms with Crippen molar-refractivity contribution >= 4 is 39.2 Å². The van der Waals surface area contributed by atoms with Gasteiger partial charge >= 0.3 is 17.4 Å². The van der Waals surface area contributed by atoms with Gasteiger partial charge in [-0.05, 0) is 24.3 Å². The van der Waals surface area contributed by atoms with E-state index in [4.69, 9.17) is 17.7 Å². The first kappa shape index (κ1) is 24.9. The van der Waals surface area contributed by atoms with Gasteiger partial charge in [0.2, 0.25) is 0 Å². The van der Waals surface area contributed by atoms with Crippen LogP contribution < -0.4 is 19.2 Å². The molecule has 0 aliphatic carbocycles. The third-order valence-electron chi connectivity index (χ3n) is 7.76. The normalized spacial score (nSPS) is 24.0. The molecule has 0 radical (unpaired) electrons. The Morgan fingerprint density at radius 2 is 0.875 bits per heavy atom. The Kier molecular flexibility index (Phi) is 6.12. The van der Waals surface area contributed by atoms with Crippen molar-refractivity contribution in [2.24, 2.45) is 0 Å². The van der Waals surface area contributed by atoms with E-state index >= 15 is 0 Å². The monoisotopic (exact) mass is 562 g/mol. The zero-order valence-electron chi connectivity index (χ0n) is 22.2. The van der Waals surface area contributed by atoms with E-state index < -0.39 is 17.4 Å². The minimum absolute atomic E-state index is 0.391. The number of para-hydroxylation sites is 2. The zero-order valence-corrected chi connectivity index (χ0v) is 24.2. The van der Waals surface area contributed by atoms with Gasteiger partial charge in [-0.3, -0.25) is 0 Å². The van der Waals surface area contributed by atoms with Crippen LogP contribution in [0, 0.1) is 0 Å². The molecule has 0 saturated carbocycles.